The number of phenolic OH excluding ortho intramolecular Hbond substituents is 1. The smallest absolute Gasteiger partial charge is 0.313 e. The quantitative estimate of drug-likeness (QED) is 0.303. The maximum Gasteiger partial charge on any atom is 0.313 e. The summed E-state index contributed by atoms with van der Waals surface area (Å²) < 4.78 is 0. The second-order valence-corrected chi connectivity index (χ2v) is 5.97. The molecule has 1 N–H and O–H groups in total. The summed E-state index contributed by atoms with van der Waals surface area (Å²) in [6.07, 6.45) is 13.1. The Morgan fingerprint density at radius 3 is 2.05 bits per heavy atom. The molecule has 0 aliphatic carbocycles. The Labute approximate surface area is 133 Å². The van der Waals surface area contributed by atoms with E-state index in [1.807, 2.05) is 0 Å². The van der Waals surface area contributed by atoms with E-state index in [0.717, 1.165) is 12.8 Å². The summed E-state index contributed by atoms with van der Waals surface area (Å²) in [7, 11) is 0. The first kappa shape index (κ1) is 18.5. The number of unbranched alkanes of at least 4 members (excludes halogenated alkanes) is 9. The van der Waals surface area contributed by atoms with Crippen molar-refractivity contribution in [1.82, 2.24) is 0 Å². The zero-order chi connectivity index (χ0) is 16.2. The van der Waals surface area contributed by atoms with Crippen LogP contribution in [0.3, 0.4) is 0 Å². The number of aromatic hydroxyl groups is 1. The van der Waals surface area contributed by atoms with Crippen molar-refractivity contribution in [3.63, 3.8) is 0 Å². The molecule has 0 fully saturated rings. The van der Waals surface area contributed by atoms with E-state index in [-0.39, 0.29) is 11.4 Å². The van der Waals surface area contributed by atoms with Crippen LogP contribution in [-0.4, -0.2) is 10.0 Å². The van der Waals surface area contributed by atoms with Crippen molar-refractivity contribution >= 4 is 5.69 Å². The van der Waals surface area contributed by atoms with Gasteiger partial charge in [-0.25, -0.2) is 0 Å². The lowest BCUT2D eigenvalue weighted by Crippen LogP contribution is -1.96. The van der Waals surface area contributed by atoms with Gasteiger partial charge < -0.3 is 5.11 Å². The Bertz CT molecular complexity index is 446. The SMILES string of the molecule is CCCCCCCCCCCCc1cccc(O)c1[N+](=O)[O-]. The Hall–Kier alpha value is -1.58. The molecule has 0 aliphatic heterocycles. The summed E-state index contributed by atoms with van der Waals surface area (Å²) in [6, 6.07) is 4.79. The summed E-state index contributed by atoms with van der Waals surface area (Å²) in [5.74, 6) is -0.227. The van der Waals surface area contributed by atoms with Gasteiger partial charge in [-0.3, -0.25) is 10.1 Å². The van der Waals surface area contributed by atoms with Gasteiger partial charge in [0.1, 0.15) is 0 Å². The van der Waals surface area contributed by atoms with Crippen molar-refractivity contribution < 1.29 is 10.0 Å². The number of para-hydroxylation sites is 1. The predicted molar refractivity (Wildman–Crippen MR) is 90.3 cm³/mol. The largest absolute Gasteiger partial charge is 0.502 e. The molecule has 0 heterocycles. The zero-order valence-electron chi connectivity index (χ0n) is 13.7. The van der Waals surface area contributed by atoms with Crippen molar-refractivity contribution in [2.24, 2.45) is 0 Å². The van der Waals surface area contributed by atoms with Crippen molar-refractivity contribution in [2.75, 3.05) is 0 Å². The standard InChI is InChI=1S/C18H29NO3/c1-2-3-4-5-6-7-8-9-10-11-13-16-14-12-15-17(20)18(16)19(21)22/h12,14-15,20H,2-11,13H2,1H3. The minimum atomic E-state index is -0.485. The highest BCUT2D eigenvalue weighted by Crippen LogP contribution is 2.30. The molecule has 0 saturated carbocycles. The number of hydrogen-bond acceptors (Lipinski definition) is 3. The number of rotatable bonds is 12. The Balaban J connectivity index is 2.15. The van der Waals surface area contributed by atoms with Gasteiger partial charge in [0, 0.05) is 5.56 Å². The van der Waals surface area contributed by atoms with E-state index in [1.165, 1.54) is 57.4 Å². The molecule has 0 bridgehead atoms. The monoisotopic (exact) mass is 307 g/mol. The minimum Gasteiger partial charge on any atom is -0.502 e. The molecule has 22 heavy (non-hydrogen) atoms. The minimum absolute atomic E-state index is 0.126. The van der Waals surface area contributed by atoms with Crippen molar-refractivity contribution in [3.8, 4) is 5.75 Å². The van der Waals surface area contributed by atoms with Crippen LogP contribution >= 0.6 is 0 Å². The maximum atomic E-state index is 11.0. The molecule has 0 saturated heterocycles. The van der Waals surface area contributed by atoms with E-state index in [2.05, 4.69) is 6.92 Å². The molecule has 1 rings (SSSR count). The van der Waals surface area contributed by atoms with E-state index in [0.29, 0.717) is 12.0 Å². The Morgan fingerprint density at radius 1 is 0.955 bits per heavy atom. The lowest BCUT2D eigenvalue weighted by atomic mass is 10.0. The van der Waals surface area contributed by atoms with E-state index in [4.69, 9.17) is 0 Å². The van der Waals surface area contributed by atoms with Gasteiger partial charge in [0.25, 0.3) is 0 Å². The molecule has 0 aliphatic rings. The third-order valence-corrected chi connectivity index (χ3v) is 4.08. The van der Waals surface area contributed by atoms with E-state index >= 15 is 0 Å². The van der Waals surface area contributed by atoms with Crippen LogP contribution in [-0.2, 0) is 6.42 Å². The van der Waals surface area contributed by atoms with Crippen LogP contribution in [0.25, 0.3) is 0 Å². The number of hydrogen-bond donors (Lipinski definition) is 1. The van der Waals surface area contributed by atoms with Gasteiger partial charge in [-0.2, -0.15) is 0 Å². The average Bonchev–Trinajstić information content (AvgIpc) is 2.48. The summed E-state index contributed by atoms with van der Waals surface area (Å²) in [5, 5.41) is 20.6. The molecule has 0 aromatic heterocycles. The van der Waals surface area contributed by atoms with E-state index in [1.54, 1.807) is 12.1 Å². The third kappa shape index (κ3) is 6.92. The van der Waals surface area contributed by atoms with Crippen molar-refractivity contribution in [3.05, 3.63) is 33.9 Å². The fraction of sp³-hybridized carbons (Fsp3) is 0.667. The molecule has 0 unspecified atom stereocenters. The van der Waals surface area contributed by atoms with Gasteiger partial charge in [0.05, 0.1) is 4.92 Å². The van der Waals surface area contributed by atoms with Gasteiger partial charge in [-0.05, 0) is 18.9 Å². The van der Waals surface area contributed by atoms with Crippen molar-refractivity contribution in [2.45, 2.75) is 77.6 Å². The molecule has 0 radical (unpaired) electrons. The first-order valence-electron chi connectivity index (χ1n) is 8.62. The van der Waals surface area contributed by atoms with Gasteiger partial charge >= 0.3 is 5.69 Å². The summed E-state index contributed by atoms with van der Waals surface area (Å²) in [4.78, 5) is 10.5. The highest BCUT2D eigenvalue weighted by Gasteiger charge is 2.18. The zero-order valence-corrected chi connectivity index (χ0v) is 13.7. The molecule has 4 nitrogen and oxygen atoms in total. The average molecular weight is 307 g/mol. The molecular weight excluding hydrogens is 278 g/mol. The van der Waals surface area contributed by atoms with Crippen LogP contribution in [0.4, 0.5) is 5.69 Å². The summed E-state index contributed by atoms with van der Waals surface area (Å²) in [6.45, 7) is 2.23. The number of nitrogens with zero attached hydrogens (tertiary/aromatic N) is 1. The predicted octanol–water partition coefficient (Wildman–Crippen LogP) is 5.76. The van der Waals surface area contributed by atoms with Crippen LogP contribution in [0, 0.1) is 10.1 Å². The molecular formula is C18H29NO3. The second kappa shape index (κ2) is 11.0. The van der Waals surface area contributed by atoms with E-state index in [9.17, 15) is 15.2 Å². The maximum absolute atomic E-state index is 11.0. The highest BCUT2D eigenvalue weighted by molar-refractivity contribution is 5.51. The number of nitro benzene ring substituents is 1. The molecule has 0 atom stereocenters. The molecule has 0 amide bonds. The van der Waals surface area contributed by atoms with Crippen LogP contribution in [0.2, 0.25) is 0 Å². The number of benzene rings is 1. The van der Waals surface area contributed by atoms with Gasteiger partial charge in [0.2, 0.25) is 0 Å². The van der Waals surface area contributed by atoms with Gasteiger partial charge in [-0.1, -0.05) is 76.8 Å². The molecule has 4 heteroatoms. The topological polar surface area (TPSA) is 63.4 Å². The fourth-order valence-electron chi connectivity index (χ4n) is 2.79. The van der Waals surface area contributed by atoms with Crippen LogP contribution < -0.4 is 0 Å². The first-order valence-corrected chi connectivity index (χ1v) is 8.62. The first-order chi connectivity index (χ1) is 10.7. The van der Waals surface area contributed by atoms with Crippen LogP contribution in [0.1, 0.15) is 76.7 Å². The molecule has 0 spiro atoms. The Kier molecular flexibility index (Phi) is 9.28. The van der Waals surface area contributed by atoms with Gasteiger partial charge in [-0.15, -0.1) is 0 Å². The lowest BCUT2D eigenvalue weighted by molar-refractivity contribution is -0.386. The normalized spacial score (nSPS) is 10.8. The highest BCUT2D eigenvalue weighted by atomic mass is 16.6. The van der Waals surface area contributed by atoms with E-state index < -0.39 is 4.92 Å². The molecule has 124 valence electrons. The van der Waals surface area contributed by atoms with Crippen molar-refractivity contribution in [1.29, 1.82) is 0 Å². The Morgan fingerprint density at radius 2 is 1.50 bits per heavy atom. The molecule has 1 aromatic carbocycles. The molecule has 1 aromatic rings. The van der Waals surface area contributed by atoms with Gasteiger partial charge in [0.15, 0.2) is 5.75 Å². The second-order valence-electron chi connectivity index (χ2n) is 5.97. The fourth-order valence-corrected chi connectivity index (χ4v) is 2.79. The third-order valence-electron chi connectivity index (χ3n) is 4.08. The summed E-state index contributed by atoms with van der Waals surface area (Å²) in [5.41, 5.74) is 0.517. The number of nitro groups is 1. The van der Waals surface area contributed by atoms with Crippen LogP contribution in [0.5, 0.6) is 5.75 Å². The number of aryl methyl sites for hydroxylation is 1. The van der Waals surface area contributed by atoms with Crippen LogP contribution in [0.15, 0.2) is 18.2 Å². The number of phenols is 1. The summed E-state index contributed by atoms with van der Waals surface area (Å²) >= 11 is 0. The lowest BCUT2D eigenvalue weighted by Gasteiger charge is -2.05.